The molecule has 0 radical (unpaired) electrons. The van der Waals surface area contributed by atoms with E-state index < -0.39 is 0 Å². The molecule has 16 heavy (non-hydrogen) atoms. The fourth-order valence-corrected chi connectivity index (χ4v) is 2.10. The van der Waals surface area contributed by atoms with E-state index in [-0.39, 0.29) is 5.92 Å². The third-order valence-corrected chi connectivity index (χ3v) is 3.39. The molecule has 0 bridgehead atoms. The predicted octanol–water partition coefficient (Wildman–Crippen LogP) is 4.99. The van der Waals surface area contributed by atoms with E-state index in [9.17, 15) is 4.79 Å². The van der Waals surface area contributed by atoms with Crippen molar-refractivity contribution in [3.8, 4) is 0 Å². The molecule has 0 heterocycles. The van der Waals surface area contributed by atoms with E-state index in [1.165, 1.54) is 51.4 Å². The standard InChI is InChI=1S/C15H30O/c1-4-5-6-7-8-10-14(2)11-9-12-15(3)13-16/h13-15H,4-12H2,1-3H3/t14-,15-/m0/s1. The number of hydrogen-bond donors (Lipinski definition) is 0. The molecule has 0 saturated carbocycles. The average molecular weight is 226 g/mol. The van der Waals surface area contributed by atoms with Gasteiger partial charge in [-0.2, -0.15) is 0 Å². The number of carbonyl (C=O) groups is 1. The molecule has 0 aromatic rings. The molecule has 0 saturated heterocycles. The van der Waals surface area contributed by atoms with Gasteiger partial charge in [-0.05, 0) is 12.3 Å². The Morgan fingerprint density at radius 2 is 1.50 bits per heavy atom. The Hall–Kier alpha value is -0.330. The van der Waals surface area contributed by atoms with Crippen LogP contribution in [0.5, 0.6) is 0 Å². The van der Waals surface area contributed by atoms with Crippen LogP contribution in [0, 0.1) is 11.8 Å². The van der Waals surface area contributed by atoms with Crippen LogP contribution >= 0.6 is 0 Å². The highest BCUT2D eigenvalue weighted by Crippen LogP contribution is 2.18. The highest BCUT2D eigenvalue weighted by Gasteiger charge is 2.04. The first kappa shape index (κ1) is 15.7. The van der Waals surface area contributed by atoms with E-state index in [4.69, 9.17) is 0 Å². The Morgan fingerprint density at radius 1 is 0.875 bits per heavy atom. The zero-order chi connectivity index (χ0) is 12.2. The minimum atomic E-state index is 0.261. The molecule has 0 aromatic carbocycles. The Bertz CT molecular complexity index is 154. The molecule has 0 unspecified atom stereocenters. The molecule has 0 spiro atoms. The molecule has 0 aliphatic carbocycles. The van der Waals surface area contributed by atoms with Gasteiger partial charge in [0.25, 0.3) is 0 Å². The lowest BCUT2D eigenvalue weighted by molar-refractivity contribution is -0.110. The Labute approximate surface area is 102 Å². The molecule has 0 fully saturated rings. The zero-order valence-electron chi connectivity index (χ0n) is 11.5. The van der Waals surface area contributed by atoms with Crippen LogP contribution in [0.25, 0.3) is 0 Å². The van der Waals surface area contributed by atoms with Crippen LogP contribution in [0.4, 0.5) is 0 Å². The van der Waals surface area contributed by atoms with E-state index in [0.29, 0.717) is 0 Å². The second-order valence-corrected chi connectivity index (χ2v) is 5.35. The fourth-order valence-electron chi connectivity index (χ4n) is 2.10. The van der Waals surface area contributed by atoms with E-state index in [1.807, 2.05) is 6.92 Å². The number of carbonyl (C=O) groups excluding carboxylic acids is 1. The SMILES string of the molecule is CCCCCCC[C@H](C)CCC[C@H](C)C=O. The second-order valence-electron chi connectivity index (χ2n) is 5.35. The summed E-state index contributed by atoms with van der Waals surface area (Å²) in [6.45, 7) is 6.63. The third-order valence-electron chi connectivity index (χ3n) is 3.39. The Kier molecular flexibility index (Phi) is 10.9. The molecule has 0 rings (SSSR count). The minimum Gasteiger partial charge on any atom is -0.303 e. The summed E-state index contributed by atoms with van der Waals surface area (Å²) in [5.74, 6) is 1.11. The Balaban J connectivity index is 3.24. The number of unbranched alkanes of at least 4 members (excludes halogenated alkanes) is 4. The van der Waals surface area contributed by atoms with Crippen molar-refractivity contribution < 1.29 is 4.79 Å². The molecule has 2 atom stereocenters. The number of rotatable bonds is 11. The molecule has 1 nitrogen and oxygen atoms in total. The van der Waals surface area contributed by atoms with Crippen molar-refractivity contribution in [3.63, 3.8) is 0 Å². The molecule has 0 aliphatic rings. The van der Waals surface area contributed by atoms with Crippen molar-refractivity contribution in [2.75, 3.05) is 0 Å². The van der Waals surface area contributed by atoms with Crippen molar-refractivity contribution in [3.05, 3.63) is 0 Å². The van der Waals surface area contributed by atoms with Crippen LogP contribution < -0.4 is 0 Å². The average Bonchev–Trinajstić information content (AvgIpc) is 2.28. The van der Waals surface area contributed by atoms with Crippen LogP contribution in [0.1, 0.15) is 78.6 Å². The van der Waals surface area contributed by atoms with Crippen LogP contribution in [-0.4, -0.2) is 6.29 Å². The van der Waals surface area contributed by atoms with Crippen molar-refractivity contribution in [2.45, 2.75) is 78.6 Å². The van der Waals surface area contributed by atoms with Crippen molar-refractivity contribution >= 4 is 6.29 Å². The summed E-state index contributed by atoms with van der Waals surface area (Å²) in [6.07, 6.45) is 13.0. The van der Waals surface area contributed by atoms with Crippen LogP contribution in [0.15, 0.2) is 0 Å². The molecular weight excluding hydrogens is 196 g/mol. The van der Waals surface area contributed by atoms with Crippen molar-refractivity contribution in [1.29, 1.82) is 0 Å². The minimum absolute atomic E-state index is 0.261. The van der Waals surface area contributed by atoms with Crippen molar-refractivity contribution in [1.82, 2.24) is 0 Å². The highest BCUT2D eigenvalue weighted by atomic mass is 16.1. The van der Waals surface area contributed by atoms with Crippen LogP contribution in [0.3, 0.4) is 0 Å². The molecule has 0 amide bonds. The summed E-state index contributed by atoms with van der Waals surface area (Å²) in [5.41, 5.74) is 0. The fraction of sp³-hybridized carbons (Fsp3) is 0.933. The van der Waals surface area contributed by atoms with E-state index in [1.54, 1.807) is 0 Å². The molecule has 96 valence electrons. The lowest BCUT2D eigenvalue weighted by Crippen LogP contribution is -1.99. The summed E-state index contributed by atoms with van der Waals surface area (Å²) in [5, 5.41) is 0. The van der Waals surface area contributed by atoms with Gasteiger partial charge in [0.15, 0.2) is 0 Å². The quantitative estimate of drug-likeness (QED) is 0.358. The first-order valence-electron chi connectivity index (χ1n) is 7.16. The second kappa shape index (κ2) is 11.2. The Morgan fingerprint density at radius 3 is 2.12 bits per heavy atom. The topological polar surface area (TPSA) is 17.1 Å². The van der Waals surface area contributed by atoms with Gasteiger partial charge in [0, 0.05) is 5.92 Å². The molecular formula is C15H30O. The number of aldehydes is 1. The molecule has 0 N–H and O–H groups in total. The molecule has 1 heteroatoms. The maximum absolute atomic E-state index is 10.5. The predicted molar refractivity (Wildman–Crippen MR) is 71.6 cm³/mol. The lowest BCUT2D eigenvalue weighted by atomic mass is 9.95. The third kappa shape index (κ3) is 10.2. The van der Waals surface area contributed by atoms with Gasteiger partial charge >= 0.3 is 0 Å². The normalized spacial score (nSPS) is 14.7. The van der Waals surface area contributed by atoms with Crippen LogP contribution in [0.2, 0.25) is 0 Å². The summed E-state index contributed by atoms with van der Waals surface area (Å²) in [4.78, 5) is 10.5. The van der Waals surface area contributed by atoms with Gasteiger partial charge < -0.3 is 4.79 Å². The maximum Gasteiger partial charge on any atom is 0.122 e. The highest BCUT2D eigenvalue weighted by molar-refractivity contribution is 5.52. The van der Waals surface area contributed by atoms with E-state index in [0.717, 1.165) is 18.6 Å². The van der Waals surface area contributed by atoms with Crippen LogP contribution in [-0.2, 0) is 4.79 Å². The van der Waals surface area contributed by atoms with E-state index in [2.05, 4.69) is 13.8 Å². The van der Waals surface area contributed by atoms with Gasteiger partial charge in [-0.15, -0.1) is 0 Å². The van der Waals surface area contributed by atoms with Gasteiger partial charge in [0.2, 0.25) is 0 Å². The van der Waals surface area contributed by atoms with Gasteiger partial charge in [-0.25, -0.2) is 0 Å². The van der Waals surface area contributed by atoms with Crippen molar-refractivity contribution in [2.24, 2.45) is 11.8 Å². The van der Waals surface area contributed by atoms with Gasteiger partial charge in [0.1, 0.15) is 6.29 Å². The summed E-state index contributed by atoms with van der Waals surface area (Å²) in [6, 6.07) is 0. The largest absolute Gasteiger partial charge is 0.303 e. The van der Waals surface area contributed by atoms with Gasteiger partial charge in [-0.3, -0.25) is 0 Å². The monoisotopic (exact) mass is 226 g/mol. The molecule has 0 aromatic heterocycles. The summed E-state index contributed by atoms with van der Waals surface area (Å²) in [7, 11) is 0. The first-order chi connectivity index (χ1) is 7.70. The van der Waals surface area contributed by atoms with Gasteiger partial charge in [0.05, 0.1) is 0 Å². The lowest BCUT2D eigenvalue weighted by Gasteiger charge is -2.11. The van der Waals surface area contributed by atoms with Gasteiger partial charge in [-0.1, -0.05) is 72.1 Å². The first-order valence-corrected chi connectivity index (χ1v) is 7.16. The van der Waals surface area contributed by atoms with E-state index >= 15 is 0 Å². The number of hydrogen-bond acceptors (Lipinski definition) is 1. The molecule has 0 aliphatic heterocycles. The summed E-state index contributed by atoms with van der Waals surface area (Å²) < 4.78 is 0. The maximum atomic E-state index is 10.5. The summed E-state index contributed by atoms with van der Waals surface area (Å²) >= 11 is 0. The smallest absolute Gasteiger partial charge is 0.122 e. The zero-order valence-corrected chi connectivity index (χ0v) is 11.5.